The number of nitrogens with zero attached hydrogens (tertiary/aromatic N) is 3. The van der Waals surface area contributed by atoms with E-state index in [9.17, 15) is 14.7 Å². The Balaban J connectivity index is 1.77. The highest BCUT2D eigenvalue weighted by molar-refractivity contribution is 7.18. The molecule has 1 amide bonds. The number of carbonyl (C=O) groups is 2. The van der Waals surface area contributed by atoms with Crippen molar-refractivity contribution in [3.63, 3.8) is 0 Å². The number of aliphatic hydroxyl groups excluding tert-OH is 1. The summed E-state index contributed by atoms with van der Waals surface area (Å²) in [5.41, 5.74) is 1.51. The van der Waals surface area contributed by atoms with Gasteiger partial charge in [-0.25, -0.2) is 9.97 Å². The second-order valence-electron chi connectivity index (χ2n) is 6.79. The van der Waals surface area contributed by atoms with Crippen LogP contribution in [0.5, 0.6) is 0 Å². The van der Waals surface area contributed by atoms with Crippen LogP contribution >= 0.6 is 11.3 Å². The number of rotatable bonds is 6. The number of carbonyl (C=O) groups excluding carboxylic acids is 2. The number of hydrogen-bond donors (Lipinski definition) is 3. The lowest BCUT2D eigenvalue weighted by Gasteiger charge is -2.15. The molecule has 0 saturated carbocycles. The van der Waals surface area contributed by atoms with Crippen molar-refractivity contribution in [2.75, 3.05) is 37.8 Å². The number of likely N-dealkylation sites (N-methyl/N-ethyl adjacent to an activating group) is 1. The van der Waals surface area contributed by atoms with Crippen LogP contribution in [-0.4, -0.2) is 58.8 Å². The molecule has 0 bridgehead atoms. The predicted molar refractivity (Wildman–Crippen MR) is 110 cm³/mol. The van der Waals surface area contributed by atoms with E-state index < -0.39 is 0 Å². The smallest absolute Gasteiger partial charge is 0.223 e. The summed E-state index contributed by atoms with van der Waals surface area (Å²) in [5.74, 6) is 0.170. The molecule has 3 rings (SSSR count). The SMILES string of the molecule is CC(=O)Nc1nc2c(s1)C(=O)C(=C(O)c1ccc(NCCN(C)C)nc1)CC2. The van der Waals surface area contributed by atoms with Crippen molar-refractivity contribution in [3.05, 3.63) is 40.0 Å². The second kappa shape index (κ2) is 8.49. The fourth-order valence-corrected chi connectivity index (χ4v) is 3.87. The van der Waals surface area contributed by atoms with Gasteiger partial charge >= 0.3 is 0 Å². The molecule has 0 aromatic carbocycles. The van der Waals surface area contributed by atoms with Gasteiger partial charge in [-0.1, -0.05) is 11.3 Å². The van der Waals surface area contributed by atoms with Gasteiger partial charge in [-0.3, -0.25) is 9.59 Å². The van der Waals surface area contributed by atoms with Gasteiger partial charge in [0.25, 0.3) is 0 Å². The number of anilines is 2. The molecule has 8 nitrogen and oxygen atoms in total. The van der Waals surface area contributed by atoms with Crippen molar-refractivity contribution >= 4 is 39.7 Å². The molecule has 0 atom stereocenters. The summed E-state index contributed by atoms with van der Waals surface area (Å²) < 4.78 is 0. The van der Waals surface area contributed by atoms with E-state index in [0.29, 0.717) is 45.5 Å². The molecule has 1 aliphatic rings. The summed E-state index contributed by atoms with van der Waals surface area (Å²) in [6, 6.07) is 3.52. The van der Waals surface area contributed by atoms with Crippen LogP contribution in [0.2, 0.25) is 0 Å². The Bertz CT molecular complexity index is 918. The van der Waals surface area contributed by atoms with Crippen molar-refractivity contribution in [2.24, 2.45) is 0 Å². The number of thiazole rings is 1. The molecule has 0 unspecified atom stereocenters. The normalized spacial score (nSPS) is 15.4. The summed E-state index contributed by atoms with van der Waals surface area (Å²) in [5, 5.41) is 16.9. The highest BCUT2D eigenvalue weighted by Gasteiger charge is 2.29. The quantitative estimate of drug-likeness (QED) is 0.504. The molecule has 2 aromatic heterocycles. The molecule has 0 saturated heterocycles. The first-order chi connectivity index (χ1) is 13.3. The molecule has 0 spiro atoms. The predicted octanol–water partition coefficient (Wildman–Crippen LogP) is 2.57. The topological polar surface area (TPSA) is 107 Å². The lowest BCUT2D eigenvalue weighted by atomic mass is 9.93. The number of pyridine rings is 1. The summed E-state index contributed by atoms with van der Waals surface area (Å²) >= 11 is 1.13. The first kappa shape index (κ1) is 20.0. The lowest BCUT2D eigenvalue weighted by molar-refractivity contribution is -0.114. The van der Waals surface area contributed by atoms with Crippen LogP contribution in [0.4, 0.5) is 10.9 Å². The highest BCUT2D eigenvalue weighted by atomic mass is 32.1. The third kappa shape index (κ3) is 4.55. The number of aliphatic hydroxyl groups is 1. The van der Waals surface area contributed by atoms with E-state index in [2.05, 4.69) is 25.5 Å². The van der Waals surface area contributed by atoms with E-state index in [-0.39, 0.29) is 17.4 Å². The number of allylic oxidation sites excluding steroid dienone is 1. The van der Waals surface area contributed by atoms with E-state index in [1.165, 1.54) is 6.92 Å². The van der Waals surface area contributed by atoms with Crippen molar-refractivity contribution in [1.82, 2.24) is 14.9 Å². The molecule has 3 N–H and O–H groups in total. The van der Waals surface area contributed by atoms with E-state index in [1.54, 1.807) is 18.3 Å². The fraction of sp³-hybridized carbons (Fsp3) is 0.368. The van der Waals surface area contributed by atoms with Crippen LogP contribution in [-0.2, 0) is 11.2 Å². The molecule has 0 radical (unpaired) electrons. The van der Waals surface area contributed by atoms with Gasteiger partial charge in [-0.2, -0.15) is 0 Å². The minimum Gasteiger partial charge on any atom is -0.507 e. The van der Waals surface area contributed by atoms with Gasteiger partial charge in [0.05, 0.1) is 5.69 Å². The molecule has 28 heavy (non-hydrogen) atoms. The van der Waals surface area contributed by atoms with Gasteiger partial charge in [0.1, 0.15) is 16.5 Å². The van der Waals surface area contributed by atoms with Crippen LogP contribution in [0, 0.1) is 0 Å². The third-order valence-corrected chi connectivity index (χ3v) is 5.27. The van der Waals surface area contributed by atoms with Crippen LogP contribution in [0.15, 0.2) is 23.9 Å². The Kier molecular flexibility index (Phi) is 6.05. The molecule has 148 valence electrons. The molecule has 2 aromatic rings. The Morgan fingerprint density at radius 3 is 2.75 bits per heavy atom. The monoisotopic (exact) mass is 401 g/mol. The van der Waals surface area contributed by atoms with E-state index in [1.807, 2.05) is 14.1 Å². The van der Waals surface area contributed by atoms with E-state index in [0.717, 1.165) is 24.4 Å². The zero-order valence-corrected chi connectivity index (χ0v) is 16.9. The second-order valence-corrected chi connectivity index (χ2v) is 7.79. The van der Waals surface area contributed by atoms with Crippen molar-refractivity contribution in [3.8, 4) is 0 Å². The minimum absolute atomic E-state index is 0.0579. The van der Waals surface area contributed by atoms with Gasteiger partial charge in [0.15, 0.2) is 5.13 Å². The van der Waals surface area contributed by atoms with Gasteiger partial charge < -0.3 is 20.6 Å². The average Bonchev–Trinajstić information content (AvgIpc) is 3.04. The maximum atomic E-state index is 12.8. The number of aryl methyl sites for hydroxylation is 1. The molecule has 9 heteroatoms. The van der Waals surface area contributed by atoms with Crippen LogP contribution in [0.3, 0.4) is 0 Å². The Hall–Kier alpha value is -2.78. The van der Waals surface area contributed by atoms with Gasteiger partial charge in [-0.15, -0.1) is 0 Å². The number of amides is 1. The summed E-state index contributed by atoms with van der Waals surface area (Å²) in [4.78, 5) is 35.1. The first-order valence-electron chi connectivity index (χ1n) is 8.94. The summed E-state index contributed by atoms with van der Waals surface area (Å²) in [7, 11) is 3.99. The molecule has 1 aliphatic carbocycles. The largest absolute Gasteiger partial charge is 0.507 e. The molecular weight excluding hydrogens is 378 g/mol. The van der Waals surface area contributed by atoms with Crippen molar-refractivity contribution in [2.45, 2.75) is 19.8 Å². The Morgan fingerprint density at radius 2 is 2.11 bits per heavy atom. The van der Waals surface area contributed by atoms with E-state index in [4.69, 9.17) is 0 Å². The van der Waals surface area contributed by atoms with Crippen LogP contribution < -0.4 is 10.6 Å². The first-order valence-corrected chi connectivity index (χ1v) is 9.76. The van der Waals surface area contributed by atoms with E-state index >= 15 is 0 Å². The molecular formula is C19H23N5O3S. The number of Topliss-reactive ketones (excluding diaryl/α,β-unsaturated/α-hetero) is 1. The zero-order chi connectivity index (χ0) is 20.3. The van der Waals surface area contributed by atoms with Crippen LogP contribution in [0.25, 0.3) is 5.76 Å². The van der Waals surface area contributed by atoms with Crippen molar-refractivity contribution < 1.29 is 14.7 Å². The Morgan fingerprint density at radius 1 is 1.32 bits per heavy atom. The van der Waals surface area contributed by atoms with Crippen LogP contribution in [0.1, 0.15) is 34.3 Å². The van der Waals surface area contributed by atoms with Gasteiger partial charge in [-0.05, 0) is 39.1 Å². The number of ketones is 1. The van der Waals surface area contributed by atoms with Gasteiger partial charge in [0, 0.05) is 37.3 Å². The maximum Gasteiger partial charge on any atom is 0.223 e. The fourth-order valence-electron chi connectivity index (χ4n) is 2.84. The molecule has 0 fully saturated rings. The summed E-state index contributed by atoms with van der Waals surface area (Å²) in [6.45, 7) is 3.03. The lowest BCUT2D eigenvalue weighted by Crippen LogP contribution is -2.21. The average molecular weight is 401 g/mol. The highest BCUT2D eigenvalue weighted by Crippen LogP contribution is 2.34. The number of nitrogens with one attached hydrogen (secondary N) is 2. The van der Waals surface area contributed by atoms with Gasteiger partial charge in [0.2, 0.25) is 11.7 Å². The molecule has 2 heterocycles. The summed E-state index contributed by atoms with van der Waals surface area (Å²) in [6.07, 6.45) is 2.48. The number of aromatic nitrogens is 2. The maximum absolute atomic E-state index is 12.8. The number of hydrogen-bond acceptors (Lipinski definition) is 8. The van der Waals surface area contributed by atoms with Crippen molar-refractivity contribution in [1.29, 1.82) is 0 Å². The number of fused-ring (bicyclic) bond motifs is 1. The molecule has 0 aliphatic heterocycles. The minimum atomic E-state index is -0.249. The Labute approximate surface area is 167 Å². The standard InChI is InChI=1S/C19H23N5O3S/c1-11(25)22-19-23-14-6-5-13(17(27)18(14)28-19)16(26)12-4-7-15(21-10-12)20-8-9-24(2)3/h4,7,10,26H,5-6,8-9H2,1-3H3,(H,20,21)(H,22,23,25). The third-order valence-electron chi connectivity index (χ3n) is 4.26. The zero-order valence-electron chi connectivity index (χ0n) is 16.1.